The molecule has 3 heteroatoms. The molecule has 1 unspecified atom stereocenters. The topological polar surface area (TPSA) is 37.0 Å². The Labute approximate surface area is 121 Å². The third-order valence-corrected chi connectivity index (χ3v) is 3.38. The van der Waals surface area contributed by atoms with Gasteiger partial charge in [0.2, 0.25) is 0 Å². The Morgan fingerprint density at radius 3 is 2.65 bits per heavy atom. The van der Waals surface area contributed by atoms with Crippen LogP contribution in [0.5, 0.6) is 0 Å². The van der Waals surface area contributed by atoms with Crippen molar-refractivity contribution >= 4 is 10.8 Å². The summed E-state index contributed by atoms with van der Waals surface area (Å²) in [7, 11) is 0. The van der Waals surface area contributed by atoms with Crippen LogP contribution in [0.2, 0.25) is 0 Å². The summed E-state index contributed by atoms with van der Waals surface area (Å²) in [6.45, 7) is 9.53. The summed E-state index contributed by atoms with van der Waals surface area (Å²) < 4.78 is 0. The molecule has 0 spiro atoms. The first-order chi connectivity index (χ1) is 9.66. The van der Waals surface area contributed by atoms with Gasteiger partial charge in [0, 0.05) is 30.7 Å². The van der Waals surface area contributed by atoms with Crippen LogP contribution in [0.1, 0.15) is 26.5 Å². The second kappa shape index (κ2) is 7.36. The highest BCUT2D eigenvalue weighted by Crippen LogP contribution is 2.15. The van der Waals surface area contributed by atoms with Gasteiger partial charge in [-0.2, -0.15) is 0 Å². The molecule has 108 valence electrons. The Hall–Kier alpha value is -1.45. The van der Waals surface area contributed by atoms with Crippen LogP contribution in [0, 0.1) is 5.92 Å². The van der Waals surface area contributed by atoms with Crippen molar-refractivity contribution < 1.29 is 0 Å². The van der Waals surface area contributed by atoms with Gasteiger partial charge in [-0.25, -0.2) is 0 Å². The van der Waals surface area contributed by atoms with E-state index in [4.69, 9.17) is 0 Å². The summed E-state index contributed by atoms with van der Waals surface area (Å²) >= 11 is 0. The van der Waals surface area contributed by atoms with Crippen molar-refractivity contribution in [3.63, 3.8) is 0 Å². The van der Waals surface area contributed by atoms with Gasteiger partial charge < -0.3 is 10.6 Å². The maximum atomic E-state index is 4.50. The van der Waals surface area contributed by atoms with E-state index in [0.717, 1.165) is 25.3 Å². The lowest BCUT2D eigenvalue weighted by Gasteiger charge is -2.16. The fourth-order valence-electron chi connectivity index (χ4n) is 2.25. The number of hydrogen-bond acceptors (Lipinski definition) is 3. The summed E-state index contributed by atoms with van der Waals surface area (Å²) in [4.78, 5) is 4.50. The van der Waals surface area contributed by atoms with E-state index in [1.54, 1.807) is 0 Å². The van der Waals surface area contributed by atoms with Crippen molar-refractivity contribution in [3.8, 4) is 0 Å². The fourth-order valence-corrected chi connectivity index (χ4v) is 2.25. The minimum Gasteiger partial charge on any atom is -0.315 e. The molecule has 0 saturated heterocycles. The van der Waals surface area contributed by atoms with Gasteiger partial charge in [-0.1, -0.05) is 38.1 Å². The van der Waals surface area contributed by atoms with Crippen LogP contribution in [0.4, 0.5) is 0 Å². The van der Waals surface area contributed by atoms with E-state index >= 15 is 0 Å². The maximum absolute atomic E-state index is 4.50. The number of rotatable bonds is 7. The van der Waals surface area contributed by atoms with E-state index in [0.29, 0.717) is 12.0 Å². The predicted octanol–water partition coefficient (Wildman–Crippen LogP) is 2.96. The van der Waals surface area contributed by atoms with Crippen LogP contribution in [-0.4, -0.2) is 24.1 Å². The van der Waals surface area contributed by atoms with Crippen LogP contribution in [-0.2, 0) is 6.54 Å². The largest absolute Gasteiger partial charge is 0.315 e. The molecule has 0 aliphatic heterocycles. The highest BCUT2D eigenvalue weighted by molar-refractivity contribution is 5.84. The molecule has 20 heavy (non-hydrogen) atoms. The average molecular weight is 271 g/mol. The monoisotopic (exact) mass is 271 g/mol. The van der Waals surface area contributed by atoms with Gasteiger partial charge in [0.05, 0.1) is 5.69 Å². The smallest absolute Gasteiger partial charge is 0.0619 e. The second-order valence-corrected chi connectivity index (χ2v) is 5.81. The van der Waals surface area contributed by atoms with Gasteiger partial charge in [0.25, 0.3) is 0 Å². The van der Waals surface area contributed by atoms with Crippen LogP contribution < -0.4 is 10.6 Å². The van der Waals surface area contributed by atoms with Gasteiger partial charge in [-0.15, -0.1) is 0 Å². The molecule has 2 aromatic rings. The number of pyridine rings is 1. The van der Waals surface area contributed by atoms with E-state index in [2.05, 4.69) is 66.7 Å². The molecule has 1 aromatic carbocycles. The molecule has 0 aliphatic rings. The van der Waals surface area contributed by atoms with Gasteiger partial charge >= 0.3 is 0 Å². The standard InChI is InChI=1S/C17H25N3/c1-13(2)10-18-11-14(3)20-12-17-16-7-5-4-6-15(16)8-9-19-17/h4-9,13-14,18,20H,10-12H2,1-3H3. The van der Waals surface area contributed by atoms with Crippen molar-refractivity contribution in [3.05, 3.63) is 42.2 Å². The zero-order valence-corrected chi connectivity index (χ0v) is 12.7. The summed E-state index contributed by atoms with van der Waals surface area (Å²) in [5, 5.41) is 9.51. The molecule has 1 heterocycles. The first kappa shape index (κ1) is 14.9. The average Bonchev–Trinajstić information content (AvgIpc) is 2.44. The Morgan fingerprint density at radius 2 is 1.85 bits per heavy atom. The number of fused-ring (bicyclic) bond motifs is 1. The highest BCUT2D eigenvalue weighted by atomic mass is 15.0. The lowest BCUT2D eigenvalue weighted by atomic mass is 10.1. The highest BCUT2D eigenvalue weighted by Gasteiger charge is 2.05. The molecule has 0 saturated carbocycles. The van der Waals surface area contributed by atoms with Crippen LogP contribution in [0.25, 0.3) is 10.8 Å². The van der Waals surface area contributed by atoms with Crippen molar-refractivity contribution in [1.82, 2.24) is 15.6 Å². The molecule has 0 aliphatic carbocycles. The molecule has 0 amide bonds. The summed E-state index contributed by atoms with van der Waals surface area (Å²) in [6.07, 6.45) is 1.89. The van der Waals surface area contributed by atoms with Crippen molar-refractivity contribution in [2.24, 2.45) is 5.92 Å². The van der Waals surface area contributed by atoms with Crippen molar-refractivity contribution in [2.75, 3.05) is 13.1 Å². The zero-order chi connectivity index (χ0) is 14.4. The van der Waals surface area contributed by atoms with Gasteiger partial charge in [-0.05, 0) is 30.8 Å². The van der Waals surface area contributed by atoms with Gasteiger partial charge in [0.1, 0.15) is 0 Å². The summed E-state index contributed by atoms with van der Waals surface area (Å²) in [5.74, 6) is 0.696. The number of nitrogens with one attached hydrogen (secondary N) is 2. The van der Waals surface area contributed by atoms with Crippen LogP contribution in [0.15, 0.2) is 36.5 Å². The van der Waals surface area contributed by atoms with Crippen LogP contribution in [0.3, 0.4) is 0 Å². The quantitative estimate of drug-likeness (QED) is 0.813. The SMILES string of the molecule is CC(C)CNCC(C)NCc1nccc2ccccc12. The van der Waals surface area contributed by atoms with E-state index in [-0.39, 0.29) is 0 Å². The third-order valence-electron chi connectivity index (χ3n) is 3.38. The van der Waals surface area contributed by atoms with Gasteiger partial charge in [0.15, 0.2) is 0 Å². The molecule has 0 fully saturated rings. The maximum Gasteiger partial charge on any atom is 0.0619 e. The number of nitrogens with zero attached hydrogens (tertiary/aromatic N) is 1. The fraction of sp³-hybridized carbons (Fsp3) is 0.471. The molecule has 1 atom stereocenters. The molecule has 3 nitrogen and oxygen atoms in total. The first-order valence-corrected chi connectivity index (χ1v) is 7.43. The number of hydrogen-bond donors (Lipinski definition) is 2. The molecule has 2 N–H and O–H groups in total. The Morgan fingerprint density at radius 1 is 1.05 bits per heavy atom. The molecule has 1 aromatic heterocycles. The molecule has 0 bridgehead atoms. The minimum absolute atomic E-state index is 0.439. The third kappa shape index (κ3) is 4.29. The second-order valence-electron chi connectivity index (χ2n) is 5.81. The lowest BCUT2D eigenvalue weighted by molar-refractivity contribution is 0.471. The van der Waals surface area contributed by atoms with Gasteiger partial charge in [-0.3, -0.25) is 4.98 Å². The summed E-state index contributed by atoms with van der Waals surface area (Å²) in [6, 6.07) is 10.9. The first-order valence-electron chi connectivity index (χ1n) is 7.43. The normalized spacial score (nSPS) is 13.0. The van der Waals surface area contributed by atoms with E-state index in [9.17, 15) is 0 Å². The molecular formula is C17H25N3. The Bertz CT molecular complexity index is 531. The number of benzene rings is 1. The van der Waals surface area contributed by atoms with E-state index in [1.807, 2.05) is 6.20 Å². The van der Waals surface area contributed by atoms with Crippen LogP contribution >= 0.6 is 0 Å². The van der Waals surface area contributed by atoms with Crippen molar-refractivity contribution in [2.45, 2.75) is 33.4 Å². The van der Waals surface area contributed by atoms with Crippen molar-refractivity contribution in [1.29, 1.82) is 0 Å². The molecule has 2 rings (SSSR count). The Balaban J connectivity index is 1.89. The Kier molecular flexibility index (Phi) is 5.50. The predicted molar refractivity (Wildman–Crippen MR) is 85.8 cm³/mol. The molecule has 0 radical (unpaired) electrons. The summed E-state index contributed by atoms with van der Waals surface area (Å²) in [5.41, 5.74) is 1.12. The zero-order valence-electron chi connectivity index (χ0n) is 12.7. The number of aromatic nitrogens is 1. The van der Waals surface area contributed by atoms with E-state index < -0.39 is 0 Å². The minimum atomic E-state index is 0.439. The van der Waals surface area contributed by atoms with E-state index in [1.165, 1.54) is 10.8 Å². The lowest BCUT2D eigenvalue weighted by Crippen LogP contribution is -2.37. The molecular weight excluding hydrogens is 246 g/mol.